The molecule has 0 fully saturated rings. The topological polar surface area (TPSA) is 54.0 Å². The molecule has 27 heavy (non-hydrogen) atoms. The highest BCUT2D eigenvalue weighted by Gasteiger charge is 2.09. The number of hydrogen-bond donors (Lipinski definition) is 2. The van der Waals surface area contributed by atoms with Crippen LogP contribution in [0.1, 0.15) is 32.6 Å². The first-order valence-electron chi connectivity index (χ1n) is 8.81. The van der Waals surface area contributed by atoms with Crippen LogP contribution in [-0.4, -0.2) is 10.9 Å². The lowest BCUT2D eigenvalue weighted by Crippen LogP contribution is -2.22. The molecule has 0 radical (unpaired) electrons. The molecule has 3 aromatic rings. The maximum absolute atomic E-state index is 12.5. The molecule has 4 nitrogen and oxygen atoms in total. The van der Waals surface area contributed by atoms with E-state index in [1.807, 2.05) is 37.3 Å². The van der Waals surface area contributed by atoms with Crippen LogP contribution >= 0.6 is 11.9 Å². The highest BCUT2D eigenvalue weighted by Crippen LogP contribution is 2.26. The number of benzene rings is 2. The quantitative estimate of drug-likeness (QED) is 0.590. The second-order valence-corrected chi connectivity index (χ2v) is 7.40. The third kappa shape index (κ3) is 5.11. The van der Waals surface area contributed by atoms with Crippen molar-refractivity contribution in [3.8, 4) is 0 Å². The summed E-state index contributed by atoms with van der Waals surface area (Å²) in [6.45, 7) is 6.70. The highest BCUT2D eigenvalue weighted by molar-refractivity contribution is 8.00. The van der Waals surface area contributed by atoms with Crippen molar-refractivity contribution < 1.29 is 4.79 Å². The second kappa shape index (κ2) is 8.73. The summed E-state index contributed by atoms with van der Waals surface area (Å²) in [4.78, 5) is 17.7. The summed E-state index contributed by atoms with van der Waals surface area (Å²) in [5.41, 5.74) is 6.18. The smallest absolute Gasteiger partial charge is 0.251 e. The van der Waals surface area contributed by atoms with E-state index in [4.69, 9.17) is 0 Å². The van der Waals surface area contributed by atoms with Gasteiger partial charge in [-0.25, -0.2) is 0 Å². The van der Waals surface area contributed by atoms with Gasteiger partial charge in [-0.05, 0) is 85.3 Å². The Kier molecular flexibility index (Phi) is 6.14. The molecule has 0 atom stereocenters. The first kappa shape index (κ1) is 19.0. The number of carbonyl (C=O) groups is 1. The summed E-state index contributed by atoms with van der Waals surface area (Å²) < 4.78 is 3.37. The number of carbonyl (C=O) groups excluding carboxylic acids is 1. The molecular formula is C22H23N3OS. The average molecular weight is 378 g/mol. The maximum atomic E-state index is 12.5. The summed E-state index contributed by atoms with van der Waals surface area (Å²) in [5.74, 6) is -0.0990. The minimum Gasteiger partial charge on any atom is -0.348 e. The zero-order valence-electron chi connectivity index (χ0n) is 15.7. The molecule has 3 rings (SSSR count). The molecule has 0 aliphatic rings. The fraction of sp³-hybridized carbons (Fsp3) is 0.182. The van der Waals surface area contributed by atoms with E-state index >= 15 is 0 Å². The van der Waals surface area contributed by atoms with Crippen molar-refractivity contribution in [1.82, 2.24) is 10.3 Å². The molecule has 0 spiro atoms. The third-order valence-corrected chi connectivity index (χ3v) is 5.24. The normalized spacial score (nSPS) is 10.5. The third-order valence-electron chi connectivity index (χ3n) is 4.43. The lowest BCUT2D eigenvalue weighted by Gasteiger charge is -2.12. The number of nitrogens with one attached hydrogen (secondary N) is 2. The zero-order chi connectivity index (χ0) is 19.2. The molecule has 0 saturated carbocycles. The summed E-state index contributed by atoms with van der Waals surface area (Å²) >= 11 is 1.55. The number of aryl methyl sites for hydroxylation is 3. The van der Waals surface area contributed by atoms with Crippen LogP contribution in [0.4, 0.5) is 5.69 Å². The fourth-order valence-electron chi connectivity index (χ4n) is 2.55. The van der Waals surface area contributed by atoms with E-state index in [1.165, 1.54) is 11.1 Å². The molecule has 0 aliphatic carbocycles. The summed E-state index contributed by atoms with van der Waals surface area (Å²) in [5, 5.41) is 2.94. The molecule has 2 aromatic carbocycles. The number of hydrogen-bond acceptors (Lipinski definition) is 4. The Morgan fingerprint density at radius 3 is 2.56 bits per heavy atom. The van der Waals surface area contributed by atoms with Gasteiger partial charge in [-0.2, -0.15) is 0 Å². The zero-order valence-corrected chi connectivity index (χ0v) is 16.6. The van der Waals surface area contributed by atoms with Crippen molar-refractivity contribution in [3.63, 3.8) is 0 Å². The molecule has 0 saturated heterocycles. The van der Waals surface area contributed by atoms with Crippen LogP contribution in [0.5, 0.6) is 0 Å². The number of aromatic nitrogens is 1. The maximum Gasteiger partial charge on any atom is 0.251 e. The molecule has 0 bridgehead atoms. The Hall–Kier alpha value is -2.79. The van der Waals surface area contributed by atoms with Crippen LogP contribution in [0.15, 0.2) is 65.8 Å². The number of anilines is 1. The van der Waals surface area contributed by atoms with Gasteiger partial charge in [0.2, 0.25) is 0 Å². The Bertz CT molecular complexity index is 942. The van der Waals surface area contributed by atoms with Gasteiger partial charge in [0.05, 0.1) is 0 Å². The largest absolute Gasteiger partial charge is 0.348 e. The van der Waals surface area contributed by atoms with E-state index in [-0.39, 0.29) is 5.91 Å². The van der Waals surface area contributed by atoms with Gasteiger partial charge < -0.3 is 10.0 Å². The van der Waals surface area contributed by atoms with Gasteiger partial charge in [-0.3, -0.25) is 9.78 Å². The predicted molar refractivity (Wildman–Crippen MR) is 112 cm³/mol. The standard InChI is InChI=1S/C22H23N3OS/c1-15-7-9-20(11-17(15)3)27-25-21-12-19(8-6-16(21)2)22(26)24-14-18-5-4-10-23-13-18/h4-13,25H,14H2,1-3H3,(H,24,26). The van der Waals surface area contributed by atoms with Gasteiger partial charge in [0.25, 0.3) is 5.91 Å². The van der Waals surface area contributed by atoms with Gasteiger partial charge in [0.1, 0.15) is 0 Å². The van der Waals surface area contributed by atoms with Gasteiger partial charge in [-0.15, -0.1) is 0 Å². The van der Waals surface area contributed by atoms with Crippen molar-refractivity contribution in [2.24, 2.45) is 0 Å². The molecule has 1 aromatic heterocycles. The van der Waals surface area contributed by atoms with Gasteiger partial charge in [0.15, 0.2) is 0 Å². The van der Waals surface area contributed by atoms with Crippen molar-refractivity contribution in [1.29, 1.82) is 0 Å². The monoisotopic (exact) mass is 377 g/mol. The minimum atomic E-state index is -0.0990. The van der Waals surface area contributed by atoms with Crippen LogP contribution in [0.3, 0.4) is 0 Å². The Morgan fingerprint density at radius 2 is 1.81 bits per heavy atom. The molecule has 1 amide bonds. The molecular weight excluding hydrogens is 354 g/mol. The fourth-order valence-corrected chi connectivity index (χ4v) is 3.37. The number of nitrogens with zero attached hydrogens (tertiary/aromatic N) is 1. The van der Waals surface area contributed by atoms with E-state index in [9.17, 15) is 4.79 Å². The van der Waals surface area contributed by atoms with E-state index in [0.717, 1.165) is 21.7 Å². The number of amides is 1. The predicted octanol–water partition coefficient (Wildman–Crippen LogP) is 5.06. The first-order valence-corrected chi connectivity index (χ1v) is 9.62. The molecule has 1 heterocycles. The van der Waals surface area contributed by atoms with E-state index < -0.39 is 0 Å². The molecule has 5 heteroatoms. The van der Waals surface area contributed by atoms with E-state index in [0.29, 0.717) is 12.1 Å². The van der Waals surface area contributed by atoms with Crippen LogP contribution in [-0.2, 0) is 6.54 Å². The summed E-state index contributed by atoms with van der Waals surface area (Å²) in [7, 11) is 0. The lowest BCUT2D eigenvalue weighted by atomic mass is 10.1. The highest BCUT2D eigenvalue weighted by atomic mass is 32.2. The van der Waals surface area contributed by atoms with Crippen molar-refractivity contribution in [3.05, 3.63) is 88.7 Å². The van der Waals surface area contributed by atoms with E-state index in [1.54, 1.807) is 24.3 Å². The van der Waals surface area contributed by atoms with Crippen molar-refractivity contribution in [2.75, 3.05) is 4.72 Å². The molecule has 2 N–H and O–H groups in total. The molecule has 0 aliphatic heterocycles. The van der Waals surface area contributed by atoms with Gasteiger partial charge >= 0.3 is 0 Å². The second-order valence-electron chi connectivity index (χ2n) is 6.52. The molecule has 138 valence electrons. The Labute approximate surface area is 164 Å². The van der Waals surface area contributed by atoms with Crippen molar-refractivity contribution >= 4 is 23.5 Å². The molecule has 0 unspecified atom stereocenters. The summed E-state index contributed by atoms with van der Waals surface area (Å²) in [6, 6.07) is 15.9. The Balaban J connectivity index is 1.66. The SMILES string of the molecule is Cc1ccc(SNc2cc(C(=O)NCc3cccnc3)ccc2C)cc1C. The lowest BCUT2D eigenvalue weighted by molar-refractivity contribution is 0.0951. The van der Waals surface area contributed by atoms with E-state index in [2.05, 4.69) is 47.1 Å². The van der Waals surface area contributed by atoms with Crippen LogP contribution in [0.2, 0.25) is 0 Å². The van der Waals surface area contributed by atoms with Crippen LogP contribution in [0, 0.1) is 20.8 Å². The Morgan fingerprint density at radius 1 is 1.00 bits per heavy atom. The number of pyridine rings is 1. The van der Waals surface area contributed by atoms with Crippen LogP contribution < -0.4 is 10.0 Å². The first-order chi connectivity index (χ1) is 13.0. The van der Waals surface area contributed by atoms with Gasteiger partial charge in [0, 0.05) is 35.1 Å². The number of rotatable bonds is 6. The van der Waals surface area contributed by atoms with Crippen molar-refractivity contribution in [2.45, 2.75) is 32.2 Å². The minimum absolute atomic E-state index is 0.0990. The van der Waals surface area contributed by atoms with Gasteiger partial charge in [-0.1, -0.05) is 18.2 Å². The van der Waals surface area contributed by atoms with Crippen LogP contribution in [0.25, 0.3) is 0 Å². The average Bonchev–Trinajstić information content (AvgIpc) is 2.69. The summed E-state index contributed by atoms with van der Waals surface area (Å²) in [6.07, 6.45) is 3.47.